The first-order valence-corrected chi connectivity index (χ1v) is 9.83. The van der Waals surface area contributed by atoms with Crippen LogP contribution in [0.4, 0.5) is 0 Å². The summed E-state index contributed by atoms with van der Waals surface area (Å²) >= 11 is 0. The summed E-state index contributed by atoms with van der Waals surface area (Å²) in [6, 6.07) is 7.47. The predicted molar refractivity (Wildman–Crippen MR) is 112 cm³/mol. The summed E-state index contributed by atoms with van der Waals surface area (Å²) in [6.45, 7) is 10.6. The van der Waals surface area contributed by atoms with Crippen LogP contribution in [-0.4, -0.2) is 42.5 Å². The number of H-pyrrole nitrogens is 1. The second-order valence-electron chi connectivity index (χ2n) is 7.96. The van der Waals surface area contributed by atoms with Crippen LogP contribution in [0.25, 0.3) is 0 Å². The molecule has 1 N–H and O–H groups in total. The van der Waals surface area contributed by atoms with E-state index in [1.807, 2.05) is 18.2 Å². The number of carbonyl (C=O) groups is 3. The molecular weight excluding hydrogens is 386 g/mol. The summed E-state index contributed by atoms with van der Waals surface area (Å²) in [4.78, 5) is 39.9. The van der Waals surface area contributed by atoms with Crippen molar-refractivity contribution in [3.05, 3.63) is 52.3 Å². The van der Waals surface area contributed by atoms with Gasteiger partial charge in [0.1, 0.15) is 5.75 Å². The minimum Gasteiger partial charge on any atom is -0.482 e. The fourth-order valence-corrected chi connectivity index (χ4v) is 3.20. The van der Waals surface area contributed by atoms with Gasteiger partial charge in [0.2, 0.25) is 5.78 Å². The number of ether oxygens (including phenoxy) is 3. The summed E-state index contributed by atoms with van der Waals surface area (Å²) in [5.74, 6) is -1.15. The van der Waals surface area contributed by atoms with Crippen LogP contribution in [0.1, 0.15) is 65.4 Å². The van der Waals surface area contributed by atoms with Crippen LogP contribution in [0.5, 0.6) is 5.75 Å². The van der Waals surface area contributed by atoms with Crippen molar-refractivity contribution in [1.82, 2.24) is 4.98 Å². The van der Waals surface area contributed by atoms with Gasteiger partial charge in [-0.1, -0.05) is 39.0 Å². The van der Waals surface area contributed by atoms with Crippen molar-refractivity contribution in [2.24, 2.45) is 0 Å². The summed E-state index contributed by atoms with van der Waals surface area (Å²) in [7, 11) is 0. The van der Waals surface area contributed by atoms with Crippen molar-refractivity contribution in [2.75, 3.05) is 19.8 Å². The first-order valence-electron chi connectivity index (χ1n) is 9.83. The van der Waals surface area contributed by atoms with E-state index in [9.17, 15) is 14.4 Å². The number of carbonyl (C=O) groups excluding carboxylic acids is 3. The second-order valence-corrected chi connectivity index (χ2v) is 7.96. The van der Waals surface area contributed by atoms with Gasteiger partial charge in [-0.2, -0.15) is 0 Å². The number of benzene rings is 1. The van der Waals surface area contributed by atoms with E-state index in [2.05, 4.69) is 25.8 Å². The van der Waals surface area contributed by atoms with E-state index in [0.717, 1.165) is 5.56 Å². The van der Waals surface area contributed by atoms with Gasteiger partial charge in [-0.25, -0.2) is 9.59 Å². The number of ketones is 1. The fraction of sp³-hybridized carbons (Fsp3) is 0.435. The van der Waals surface area contributed by atoms with Crippen LogP contribution in [0.2, 0.25) is 0 Å². The number of aromatic amines is 1. The van der Waals surface area contributed by atoms with Crippen LogP contribution in [-0.2, 0) is 19.7 Å². The summed E-state index contributed by atoms with van der Waals surface area (Å²) in [5.41, 5.74) is 2.22. The molecule has 1 heterocycles. The molecule has 0 fully saturated rings. The number of rotatable bonds is 8. The Hall–Kier alpha value is -3.09. The molecule has 7 nitrogen and oxygen atoms in total. The molecule has 30 heavy (non-hydrogen) atoms. The number of hydrogen-bond acceptors (Lipinski definition) is 6. The molecule has 0 amide bonds. The third-order valence-electron chi connectivity index (χ3n) is 4.54. The number of Topliss-reactive ketones (excluding diaryl/α,β-unsaturated/α-hetero) is 1. The van der Waals surface area contributed by atoms with Gasteiger partial charge in [0.25, 0.3) is 0 Å². The zero-order chi connectivity index (χ0) is 22.5. The first kappa shape index (κ1) is 23.2. The van der Waals surface area contributed by atoms with Gasteiger partial charge in [-0.05, 0) is 37.8 Å². The number of para-hydroxylation sites is 1. The highest BCUT2D eigenvalue weighted by Crippen LogP contribution is 2.30. The average Bonchev–Trinajstić information content (AvgIpc) is 2.98. The lowest BCUT2D eigenvalue weighted by atomic mass is 9.86. The third-order valence-corrected chi connectivity index (χ3v) is 4.54. The molecule has 0 spiro atoms. The van der Waals surface area contributed by atoms with Crippen molar-refractivity contribution in [3.8, 4) is 5.75 Å². The lowest BCUT2D eigenvalue weighted by Gasteiger charge is -2.22. The largest absolute Gasteiger partial charge is 0.482 e. The molecule has 0 radical (unpaired) electrons. The molecular formula is C23H29NO6. The Labute approximate surface area is 176 Å². The van der Waals surface area contributed by atoms with E-state index in [1.165, 1.54) is 0 Å². The molecule has 1 aromatic heterocycles. The third kappa shape index (κ3) is 5.49. The Bertz CT molecular complexity index is 936. The standard InChI is InChI=1S/C23H29NO6/c1-7-28-22(27)21-15(3)24-14(2)20(21)17(25)12-30-19(26)13-29-18-11-9-8-10-16(18)23(4,5)6/h8-11,24H,7,12-13H2,1-6H3. The maximum atomic E-state index is 12.6. The van der Waals surface area contributed by atoms with Crippen LogP contribution in [0.15, 0.2) is 24.3 Å². The Balaban J connectivity index is 2.02. The Morgan fingerprint density at radius 1 is 0.933 bits per heavy atom. The molecule has 0 unspecified atom stereocenters. The van der Waals surface area contributed by atoms with Crippen LogP contribution < -0.4 is 4.74 Å². The van der Waals surface area contributed by atoms with Crippen LogP contribution in [0.3, 0.4) is 0 Å². The van der Waals surface area contributed by atoms with E-state index < -0.39 is 24.3 Å². The van der Waals surface area contributed by atoms with Crippen molar-refractivity contribution in [3.63, 3.8) is 0 Å². The highest BCUT2D eigenvalue weighted by Gasteiger charge is 2.26. The van der Waals surface area contributed by atoms with Crippen molar-refractivity contribution >= 4 is 17.7 Å². The smallest absolute Gasteiger partial charge is 0.344 e. The normalized spacial score (nSPS) is 11.1. The maximum Gasteiger partial charge on any atom is 0.344 e. The zero-order valence-corrected chi connectivity index (χ0v) is 18.4. The molecule has 0 aliphatic carbocycles. The lowest BCUT2D eigenvalue weighted by Crippen LogP contribution is -2.22. The maximum absolute atomic E-state index is 12.6. The number of hydrogen-bond donors (Lipinski definition) is 1. The van der Waals surface area contributed by atoms with E-state index in [0.29, 0.717) is 17.1 Å². The van der Waals surface area contributed by atoms with Gasteiger partial charge in [0.15, 0.2) is 13.2 Å². The molecule has 0 aliphatic heterocycles. The lowest BCUT2D eigenvalue weighted by molar-refractivity contribution is -0.144. The van der Waals surface area contributed by atoms with E-state index in [1.54, 1.807) is 26.8 Å². The highest BCUT2D eigenvalue weighted by molar-refractivity contribution is 6.09. The number of nitrogens with one attached hydrogen (secondary N) is 1. The molecule has 2 aromatic rings. The second kappa shape index (κ2) is 9.61. The van der Waals surface area contributed by atoms with E-state index in [4.69, 9.17) is 14.2 Å². The summed E-state index contributed by atoms with van der Waals surface area (Å²) in [5, 5.41) is 0. The minimum absolute atomic E-state index is 0.149. The topological polar surface area (TPSA) is 94.7 Å². The molecule has 7 heteroatoms. The van der Waals surface area contributed by atoms with Crippen LogP contribution >= 0.6 is 0 Å². The SMILES string of the molecule is CCOC(=O)c1c(C)[nH]c(C)c1C(=O)COC(=O)COc1ccccc1C(C)(C)C. The zero-order valence-electron chi connectivity index (χ0n) is 18.4. The van der Waals surface area contributed by atoms with Gasteiger partial charge in [0, 0.05) is 11.4 Å². The number of esters is 2. The predicted octanol–water partition coefficient (Wildman–Crippen LogP) is 3.91. The molecule has 0 saturated carbocycles. The van der Waals surface area contributed by atoms with Crippen molar-refractivity contribution in [2.45, 2.75) is 47.0 Å². The highest BCUT2D eigenvalue weighted by atomic mass is 16.6. The van der Waals surface area contributed by atoms with Gasteiger partial charge in [-0.15, -0.1) is 0 Å². The fourth-order valence-electron chi connectivity index (χ4n) is 3.20. The van der Waals surface area contributed by atoms with Gasteiger partial charge in [0.05, 0.1) is 17.7 Å². The van der Waals surface area contributed by atoms with E-state index >= 15 is 0 Å². The summed E-state index contributed by atoms with van der Waals surface area (Å²) in [6.07, 6.45) is 0. The average molecular weight is 415 g/mol. The van der Waals surface area contributed by atoms with Gasteiger partial charge >= 0.3 is 11.9 Å². The van der Waals surface area contributed by atoms with Gasteiger partial charge < -0.3 is 19.2 Å². The van der Waals surface area contributed by atoms with Crippen molar-refractivity contribution < 1.29 is 28.6 Å². The number of aromatic nitrogens is 1. The quantitative estimate of drug-likeness (QED) is 0.519. The Morgan fingerprint density at radius 3 is 2.20 bits per heavy atom. The Kier molecular flexibility index (Phi) is 7.43. The van der Waals surface area contributed by atoms with E-state index in [-0.39, 0.29) is 29.8 Å². The molecule has 2 rings (SSSR count). The molecule has 0 aliphatic rings. The monoisotopic (exact) mass is 415 g/mol. The van der Waals surface area contributed by atoms with Crippen LogP contribution in [0, 0.1) is 13.8 Å². The molecule has 0 atom stereocenters. The molecule has 0 bridgehead atoms. The summed E-state index contributed by atoms with van der Waals surface area (Å²) < 4.78 is 15.7. The number of aryl methyl sites for hydroxylation is 2. The molecule has 0 saturated heterocycles. The molecule has 162 valence electrons. The van der Waals surface area contributed by atoms with Gasteiger partial charge in [-0.3, -0.25) is 4.79 Å². The van der Waals surface area contributed by atoms with Crippen molar-refractivity contribution in [1.29, 1.82) is 0 Å². The first-order chi connectivity index (χ1) is 14.1. The Morgan fingerprint density at radius 2 is 1.57 bits per heavy atom. The molecule has 1 aromatic carbocycles. The minimum atomic E-state index is -0.672.